The van der Waals surface area contributed by atoms with E-state index in [1.165, 1.54) is 12.1 Å². The monoisotopic (exact) mass is 255 g/mol. The van der Waals surface area contributed by atoms with Crippen LogP contribution in [0.4, 0.5) is 13.2 Å². The first-order valence-electron chi connectivity index (χ1n) is 5.60. The molecule has 96 valence electrons. The largest absolute Gasteiger partial charge is 0.416 e. The fourth-order valence-corrected chi connectivity index (χ4v) is 2.08. The number of alkyl halides is 3. The maximum absolute atomic E-state index is 12.4. The molecule has 0 radical (unpaired) electrons. The molecule has 1 fully saturated rings. The minimum absolute atomic E-state index is 0.352. The van der Waals surface area contributed by atoms with Crippen molar-refractivity contribution in [2.75, 3.05) is 13.2 Å². The Bertz CT molecular complexity index is 453. The van der Waals surface area contributed by atoms with Crippen LogP contribution in [-0.4, -0.2) is 13.2 Å². The van der Waals surface area contributed by atoms with Crippen LogP contribution in [0, 0.1) is 16.7 Å². The Balaban J connectivity index is 2.14. The Labute approximate surface area is 103 Å². The molecule has 0 spiro atoms. The zero-order valence-electron chi connectivity index (χ0n) is 9.63. The topological polar surface area (TPSA) is 33.0 Å². The van der Waals surface area contributed by atoms with Crippen molar-refractivity contribution in [3.63, 3.8) is 0 Å². The van der Waals surface area contributed by atoms with Crippen molar-refractivity contribution in [2.45, 2.75) is 19.0 Å². The highest BCUT2D eigenvalue weighted by Crippen LogP contribution is 2.33. The maximum Gasteiger partial charge on any atom is 0.416 e. The summed E-state index contributed by atoms with van der Waals surface area (Å²) < 4.78 is 42.4. The molecule has 1 aliphatic rings. The summed E-state index contributed by atoms with van der Waals surface area (Å²) in [6.07, 6.45) is -3.26. The molecule has 1 aromatic carbocycles. The smallest absolute Gasteiger partial charge is 0.380 e. The lowest BCUT2D eigenvalue weighted by molar-refractivity contribution is -0.137. The second-order valence-electron chi connectivity index (χ2n) is 4.57. The molecule has 0 N–H and O–H groups in total. The van der Waals surface area contributed by atoms with E-state index in [1.807, 2.05) is 0 Å². The molecule has 1 aliphatic heterocycles. The van der Waals surface area contributed by atoms with Gasteiger partial charge in [0.05, 0.1) is 23.7 Å². The summed E-state index contributed by atoms with van der Waals surface area (Å²) in [5.41, 5.74) is -0.519. The first-order valence-corrected chi connectivity index (χ1v) is 5.60. The van der Waals surface area contributed by atoms with Gasteiger partial charge in [0.2, 0.25) is 0 Å². The Morgan fingerprint density at radius 2 is 1.94 bits per heavy atom. The number of ether oxygens (including phenoxy) is 1. The van der Waals surface area contributed by atoms with Gasteiger partial charge in [-0.15, -0.1) is 0 Å². The Morgan fingerprint density at radius 1 is 1.28 bits per heavy atom. The van der Waals surface area contributed by atoms with Gasteiger partial charge < -0.3 is 4.74 Å². The average molecular weight is 255 g/mol. The van der Waals surface area contributed by atoms with Gasteiger partial charge in [0.15, 0.2) is 0 Å². The van der Waals surface area contributed by atoms with Gasteiger partial charge in [0.1, 0.15) is 0 Å². The van der Waals surface area contributed by atoms with Crippen LogP contribution < -0.4 is 0 Å². The van der Waals surface area contributed by atoms with E-state index >= 15 is 0 Å². The molecule has 0 aromatic heterocycles. The molecule has 1 atom stereocenters. The second-order valence-corrected chi connectivity index (χ2v) is 4.57. The molecule has 1 heterocycles. The Hall–Kier alpha value is -1.54. The molecule has 0 aliphatic carbocycles. The SMILES string of the molecule is N#CC1(Cc2ccc(C(F)(F)F)cc2)CCOC1. The van der Waals surface area contributed by atoms with Crippen LogP contribution in [0.15, 0.2) is 24.3 Å². The number of benzene rings is 1. The normalized spacial score (nSPS) is 23.9. The first-order chi connectivity index (χ1) is 8.45. The molecular weight excluding hydrogens is 243 g/mol. The lowest BCUT2D eigenvalue weighted by atomic mass is 9.82. The molecule has 1 unspecified atom stereocenters. The van der Waals surface area contributed by atoms with Crippen molar-refractivity contribution in [2.24, 2.45) is 5.41 Å². The lowest BCUT2D eigenvalue weighted by Gasteiger charge is -2.18. The van der Waals surface area contributed by atoms with E-state index in [4.69, 9.17) is 10.00 Å². The van der Waals surface area contributed by atoms with Crippen LogP contribution in [-0.2, 0) is 17.3 Å². The molecule has 2 rings (SSSR count). The predicted octanol–water partition coefficient (Wildman–Crippen LogP) is 3.18. The van der Waals surface area contributed by atoms with E-state index < -0.39 is 17.2 Å². The summed E-state index contributed by atoms with van der Waals surface area (Å²) >= 11 is 0. The molecule has 0 amide bonds. The number of halogens is 3. The van der Waals surface area contributed by atoms with E-state index in [0.717, 1.165) is 17.7 Å². The summed E-state index contributed by atoms with van der Waals surface area (Å²) in [6, 6.07) is 7.19. The molecule has 5 heteroatoms. The van der Waals surface area contributed by atoms with Gasteiger partial charge in [-0.1, -0.05) is 12.1 Å². The van der Waals surface area contributed by atoms with Gasteiger partial charge in [-0.25, -0.2) is 0 Å². The van der Waals surface area contributed by atoms with Crippen molar-refractivity contribution in [1.29, 1.82) is 5.26 Å². The van der Waals surface area contributed by atoms with E-state index in [1.54, 1.807) is 0 Å². The third-order valence-corrected chi connectivity index (χ3v) is 3.16. The Kier molecular flexibility index (Phi) is 3.31. The third kappa shape index (κ3) is 2.65. The summed E-state index contributed by atoms with van der Waals surface area (Å²) in [7, 11) is 0. The molecule has 1 saturated heterocycles. The molecular formula is C13H12F3NO. The lowest BCUT2D eigenvalue weighted by Crippen LogP contribution is -2.21. The number of nitrogens with zero attached hydrogens (tertiary/aromatic N) is 1. The van der Waals surface area contributed by atoms with Crippen LogP contribution in [0.3, 0.4) is 0 Å². The predicted molar refractivity (Wildman–Crippen MR) is 58.6 cm³/mol. The minimum atomic E-state index is -4.32. The van der Waals surface area contributed by atoms with Crippen LogP contribution in [0.25, 0.3) is 0 Å². The number of hydrogen-bond donors (Lipinski definition) is 0. The highest BCUT2D eigenvalue weighted by Gasteiger charge is 2.35. The number of hydrogen-bond acceptors (Lipinski definition) is 2. The van der Waals surface area contributed by atoms with E-state index in [2.05, 4.69) is 6.07 Å². The summed E-state index contributed by atoms with van der Waals surface area (Å²) in [5, 5.41) is 9.15. The highest BCUT2D eigenvalue weighted by molar-refractivity contribution is 5.26. The van der Waals surface area contributed by atoms with Crippen molar-refractivity contribution < 1.29 is 17.9 Å². The Morgan fingerprint density at radius 3 is 2.39 bits per heavy atom. The zero-order chi connectivity index (χ0) is 13.2. The summed E-state index contributed by atoms with van der Waals surface area (Å²) in [5.74, 6) is 0. The molecule has 1 aromatic rings. The van der Waals surface area contributed by atoms with Crippen molar-refractivity contribution >= 4 is 0 Å². The fraction of sp³-hybridized carbons (Fsp3) is 0.462. The third-order valence-electron chi connectivity index (χ3n) is 3.16. The van der Waals surface area contributed by atoms with Crippen molar-refractivity contribution in [1.82, 2.24) is 0 Å². The second kappa shape index (κ2) is 4.62. The van der Waals surface area contributed by atoms with Gasteiger partial charge >= 0.3 is 6.18 Å². The quantitative estimate of drug-likeness (QED) is 0.813. The van der Waals surface area contributed by atoms with Crippen LogP contribution in [0.1, 0.15) is 17.5 Å². The van der Waals surface area contributed by atoms with Crippen molar-refractivity contribution in [3.05, 3.63) is 35.4 Å². The summed E-state index contributed by atoms with van der Waals surface area (Å²) in [6.45, 7) is 0.888. The summed E-state index contributed by atoms with van der Waals surface area (Å²) in [4.78, 5) is 0. The van der Waals surface area contributed by atoms with E-state index in [0.29, 0.717) is 26.1 Å². The van der Waals surface area contributed by atoms with Crippen molar-refractivity contribution in [3.8, 4) is 6.07 Å². The zero-order valence-corrected chi connectivity index (χ0v) is 9.63. The van der Waals surface area contributed by atoms with Gasteiger partial charge in [-0.2, -0.15) is 18.4 Å². The van der Waals surface area contributed by atoms with E-state index in [9.17, 15) is 13.2 Å². The maximum atomic E-state index is 12.4. The molecule has 18 heavy (non-hydrogen) atoms. The standard InChI is InChI=1S/C13H12F3NO/c14-13(15,16)11-3-1-10(2-4-11)7-12(8-17)5-6-18-9-12/h1-4H,5-7,9H2. The van der Waals surface area contributed by atoms with Gasteiger partial charge in [0, 0.05) is 6.61 Å². The van der Waals surface area contributed by atoms with Gasteiger partial charge in [0.25, 0.3) is 0 Å². The average Bonchev–Trinajstić information content (AvgIpc) is 2.78. The van der Waals surface area contributed by atoms with E-state index in [-0.39, 0.29) is 0 Å². The first kappa shape index (κ1) is 12.9. The van der Waals surface area contributed by atoms with Crippen LogP contribution >= 0.6 is 0 Å². The number of nitriles is 1. The number of rotatable bonds is 2. The highest BCUT2D eigenvalue weighted by atomic mass is 19.4. The van der Waals surface area contributed by atoms with Crippen LogP contribution in [0.2, 0.25) is 0 Å². The van der Waals surface area contributed by atoms with Crippen LogP contribution in [0.5, 0.6) is 0 Å². The molecule has 2 nitrogen and oxygen atoms in total. The molecule has 0 saturated carbocycles. The fourth-order valence-electron chi connectivity index (χ4n) is 2.08. The molecule has 0 bridgehead atoms. The van der Waals surface area contributed by atoms with Gasteiger partial charge in [-0.05, 0) is 30.5 Å². The van der Waals surface area contributed by atoms with Gasteiger partial charge in [-0.3, -0.25) is 0 Å². The minimum Gasteiger partial charge on any atom is -0.380 e.